The molecule has 0 unspecified atom stereocenters. The van der Waals surface area contributed by atoms with Crippen molar-refractivity contribution in [3.05, 3.63) is 28.9 Å². The van der Waals surface area contributed by atoms with E-state index in [1.54, 1.807) is 25.6 Å². The van der Waals surface area contributed by atoms with E-state index < -0.39 is 10.0 Å². The summed E-state index contributed by atoms with van der Waals surface area (Å²) in [6.45, 7) is 1.12. The molecular formula is C11H13BrN6O2S. The maximum atomic E-state index is 12.8. The zero-order valence-corrected chi connectivity index (χ0v) is 13.6. The Labute approximate surface area is 130 Å². The van der Waals surface area contributed by atoms with Crippen LogP contribution in [0.3, 0.4) is 0 Å². The predicted molar refractivity (Wildman–Crippen MR) is 79.1 cm³/mol. The third-order valence-corrected chi connectivity index (χ3v) is 5.57. The first kappa shape index (κ1) is 14.4. The number of anilines is 1. The molecule has 2 aromatic rings. The molecule has 0 amide bonds. The summed E-state index contributed by atoms with van der Waals surface area (Å²) >= 11 is 3.26. The first-order chi connectivity index (χ1) is 10.0. The summed E-state index contributed by atoms with van der Waals surface area (Å²) in [4.78, 5) is 4.24. The molecule has 10 heteroatoms. The quantitative estimate of drug-likeness (QED) is 0.851. The minimum absolute atomic E-state index is 0.146. The fourth-order valence-electron chi connectivity index (χ4n) is 2.19. The van der Waals surface area contributed by atoms with E-state index in [1.807, 2.05) is 4.57 Å². The van der Waals surface area contributed by atoms with Crippen LogP contribution >= 0.6 is 15.9 Å². The van der Waals surface area contributed by atoms with Crippen LogP contribution in [0.1, 0.15) is 5.82 Å². The van der Waals surface area contributed by atoms with Crippen molar-refractivity contribution in [3.8, 4) is 0 Å². The highest BCUT2D eigenvalue weighted by molar-refractivity contribution is 9.10. The fraction of sp³-hybridized carbons (Fsp3) is 0.364. The molecule has 112 valence electrons. The second kappa shape index (κ2) is 5.35. The molecule has 3 heterocycles. The molecule has 0 spiro atoms. The Balaban J connectivity index is 2.00. The van der Waals surface area contributed by atoms with Gasteiger partial charge < -0.3 is 9.88 Å². The maximum Gasteiger partial charge on any atom is 0.247 e. The molecule has 2 aromatic heterocycles. The van der Waals surface area contributed by atoms with Crippen LogP contribution in [-0.4, -0.2) is 46.1 Å². The molecule has 0 aromatic carbocycles. The summed E-state index contributed by atoms with van der Waals surface area (Å²) in [6, 6.07) is 1.55. The summed E-state index contributed by atoms with van der Waals surface area (Å²) < 4.78 is 29.5. The van der Waals surface area contributed by atoms with E-state index in [1.165, 1.54) is 4.31 Å². The van der Waals surface area contributed by atoms with Crippen LogP contribution in [0.25, 0.3) is 0 Å². The van der Waals surface area contributed by atoms with Crippen molar-refractivity contribution >= 4 is 31.8 Å². The summed E-state index contributed by atoms with van der Waals surface area (Å²) in [5.41, 5.74) is 0. The molecule has 1 N–H and O–H groups in total. The average molecular weight is 373 g/mol. The van der Waals surface area contributed by atoms with Gasteiger partial charge in [-0.15, -0.1) is 10.2 Å². The number of rotatable bonds is 3. The Morgan fingerprint density at radius 1 is 1.38 bits per heavy atom. The number of aromatic nitrogens is 4. The SMILES string of the molecule is CNc1ncc(Br)cc1S(=O)(=O)N1CCn2cnnc2C1. The zero-order valence-electron chi connectivity index (χ0n) is 11.2. The van der Waals surface area contributed by atoms with Crippen LogP contribution in [0.5, 0.6) is 0 Å². The molecule has 1 aliphatic heterocycles. The van der Waals surface area contributed by atoms with Crippen LogP contribution in [0.2, 0.25) is 0 Å². The van der Waals surface area contributed by atoms with Crippen LogP contribution in [0.4, 0.5) is 5.82 Å². The van der Waals surface area contributed by atoms with E-state index in [9.17, 15) is 8.42 Å². The van der Waals surface area contributed by atoms with Crippen molar-refractivity contribution in [2.24, 2.45) is 0 Å². The monoisotopic (exact) mass is 372 g/mol. The van der Waals surface area contributed by atoms with Gasteiger partial charge in [0.05, 0.1) is 6.54 Å². The van der Waals surface area contributed by atoms with Gasteiger partial charge in [0, 0.05) is 30.8 Å². The Kier molecular flexibility index (Phi) is 3.68. The second-order valence-electron chi connectivity index (χ2n) is 4.53. The number of halogens is 1. The van der Waals surface area contributed by atoms with Crippen molar-refractivity contribution in [3.63, 3.8) is 0 Å². The minimum atomic E-state index is -3.65. The van der Waals surface area contributed by atoms with Crippen molar-refractivity contribution in [1.82, 2.24) is 24.1 Å². The van der Waals surface area contributed by atoms with Gasteiger partial charge in [-0.05, 0) is 22.0 Å². The van der Waals surface area contributed by atoms with Crippen LogP contribution < -0.4 is 5.32 Å². The van der Waals surface area contributed by atoms with E-state index in [-0.39, 0.29) is 11.4 Å². The standard InChI is InChI=1S/C11H13BrN6O2S/c1-13-11-9(4-8(12)5-14-11)21(19,20)18-3-2-17-7-15-16-10(17)6-18/h4-5,7H,2-3,6H2,1H3,(H,13,14). The highest BCUT2D eigenvalue weighted by Crippen LogP contribution is 2.27. The number of nitrogens with zero attached hydrogens (tertiary/aromatic N) is 5. The lowest BCUT2D eigenvalue weighted by molar-refractivity contribution is 0.335. The molecule has 0 radical (unpaired) electrons. The van der Waals surface area contributed by atoms with E-state index >= 15 is 0 Å². The summed E-state index contributed by atoms with van der Waals surface area (Å²) in [5.74, 6) is 0.962. The van der Waals surface area contributed by atoms with Gasteiger partial charge in [-0.2, -0.15) is 4.31 Å². The van der Waals surface area contributed by atoms with E-state index in [0.29, 0.717) is 29.2 Å². The number of hydrogen-bond donors (Lipinski definition) is 1. The fourth-order valence-corrected chi connectivity index (χ4v) is 4.24. The Bertz CT molecular complexity index is 775. The highest BCUT2D eigenvalue weighted by Gasteiger charge is 2.31. The number of hydrogen-bond acceptors (Lipinski definition) is 6. The number of fused-ring (bicyclic) bond motifs is 1. The largest absolute Gasteiger partial charge is 0.372 e. The molecular weight excluding hydrogens is 360 g/mol. The molecule has 8 nitrogen and oxygen atoms in total. The van der Waals surface area contributed by atoms with Gasteiger partial charge >= 0.3 is 0 Å². The maximum absolute atomic E-state index is 12.8. The Morgan fingerprint density at radius 3 is 2.95 bits per heavy atom. The van der Waals surface area contributed by atoms with Gasteiger partial charge in [-0.1, -0.05) is 0 Å². The highest BCUT2D eigenvalue weighted by atomic mass is 79.9. The van der Waals surface area contributed by atoms with Crippen LogP contribution in [-0.2, 0) is 23.1 Å². The summed E-state index contributed by atoms with van der Waals surface area (Å²) in [6.07, 6.45) is 3.16. The van der Waals surface area contributed by atoms with Gasteiger partial charge in [-0.25, -0.2) is 13.4 Å². The first-order valence-corrected chi connectivity index (χ1v) is 8.46. The molecule has 0 aliphatic carbocycles. The van der Waals surface area contributed by atoms with Crippen LogP contribution in [0.15, 0.2) is 28.0 Å². The number of nitrogens with one attached hydrogen (secondary N) is 1. The van der Waals surface area contributed by atoms with Crippen molar-refractivity contribution in [2.75, 3.05) is 18.9 Å². The van der Waals surface area contributed by atoms with Crippen molar-refractivity contribution < 1.29 is 8.42 Å². The van der Waals surface area contributed by atoms with Gasteiger partial charge in [0.15, 0.2) is 0 Å². The smallest absolute Gasteiger partial charge is 0.247 e. The van der Waals surface area contributed by atoms with Crippen molar-refractivity contribution in [2.45, 2.75) is 18.0 Å². The Morgan fingerprint density at radius 2 is 2.19 bits per heavy atom. The van der Waals surface area contributed by atoms with Crippen LogP contribution in [0, 0.1) is 0 Å². The molecule has 0 atom stereocenters. The molecule has 0 saturated heterocycles. The predicted octanol–water partition coefficient (Wildman–Crippen LogP) is 0.682. The van der Waals surface area contributed by atoms with Gasteiger partial charge in [0.2, 0.25) is 10.0 Å². The minimum Gasteiger partial charge on any atom is -0.372 e. The van der Waals surface area contributed by atoms with Crippen molar-refractivity contribution in [1.29, 1.82) is 0 Å². The lowest BCUT2D eigenvalue weighted by Crippen LogP contribution is -2.38. The van der Waals surface area contributed by atoms with Gasteiger partial charge in [0.25, 0.3) is 0 Å². The molecule has 3 rings (SSSR count). The first-order valence-electron chi connectivity index (χ1n) is 6.22. The molecule has 0 fully saturated rings. The van der Waals surface area contributed by atoms with E-state index in [0.717, 1.165) is 0 Å². The van der Waals surface area contributed by atoms with E-state index in [2.05, 4.69) is 36.4 Å². The topological polar surface area (TPSA) is 93.0 Å². The zero-order chi connectivity index (χ0) is 15.0. The molecule has 1 aliphatic rings. The molecule has 0 bridgehead atoms. The third kappa shape index (κ3) is 2.54. The third-order valence-electron chi connectivity index (χ3n) is 3.28. The lowest BCUT2D eigenvalue weighted by Gasteiger charge is -2.26. The second-order valence-corrected chi connectivity index (χ2v) is 7.35. The number of pyridine rings is 1. The van der Waals surface area contributed by atoms with E-state index in [4.69, 9.17) is 0 Å². The van der Waals surface area contributed by atoms with Gasteiger partial charge in [-0.3, -0.25) is 0 Å². The Hall–Kier alpha value is -1.52. The summed E-state index contributed by atoms with van der Waals surface area (Å²) in [7, 11) is -2.01. The molecule has 21 heavy (non-hydrogen) atoms. The van der Waals surface area contributed by atoms with Gasteiger partial charge in [0.1, 0.15) is 22.9 Å². The normalized spacial score (nSPS) is 15.7. The average Bonchev–Trinajstić information content (AvgIpc) is 2.94. The molecule has 0 saturated carbocycles. The summed E-state index contributed by atoms with van der Waals surface area (Å²) in [5, 5.41) is 10.6. The number of sulfonamides is 1. The lowest BCUT2D eigenvalue weighted by atomic mass is 10.4.